The Hall–Kier alpha value is -4.10. The normalized spacial score (nSPS) is 18.8. The lowest BCUT2D eigenvalue weighted by Gasteiger charge is -2.44. The second-order valence-corrected chi connectivity index (χ2v) is 13.4. The molecule has 0 spiro atoms. The van der Waals surface area contributed by atoms with Gasteiger partial charge in [-0.2, -0.15) is 0 Å². The number of hydrogen-bond donors (Lipinski definition) is 4. The number of nitrogens with zero attached hydrogens (tertiary/aromatic N) is 5. The molecule has 48 heavy (non-hydrogen) atoms. The summed E-state index contributed by atoms with van der Waals surface area (Å²) >= 11 is 6.11. The molecule has 4 aromatic rings. The molecule has 3 saturated heterocycles. The molecule has 1 unspecified atom stereocenters. The predicted molar refractivity (Wildman–Crippen MR) is 188 cm³/mol. The third-order valence-corrected chi connectivity index (χ3v) is 10.1. The Morgan fingerprint density at radius 2 is 1.79 bits per heavy atom. The van der Waals surface area contributed by atoms with Crippen LogP contribution in [0.4, 0.5) is 16.2 Å². The number of urea groups is 1. The SMILES string of the molecule is Cc1cc(N2CCC(N3CCN(C(=O)N4CCOCC4)CC3)CC2)cc2[nH]c(-c3c(NCC(O)c4cccc(Cl)c4)cc[nH]c3=O)nc12. The number of benzene rings is 2. The van der Waals surface area contributed by atoms with Gasteiger partial charge in [0.05, 0.1) is 36.0 Å². The number of pyridine rings is 1. The van der Waals surface area contributed by atoms with Crippen LogP contribution < -0.4 is 15.8 Å². The van der Waals surface area contributed by atoms with Crippen molar-refractivity contribution >= 4 is 40.0 Å². The van der Waals surface area contributed by atoms with Crippen molar-refractivity contribution < 1.29 is 14.6 Å². The minimum absolute atomic E-state index is 0.150. The maximum Gasteiger partial charge on any atom is 0.320 e. The van der Waals surface area contributed by atoms with Gasteiger partial charge in [-0.1, -0.05) is 23.7 Å². The van der Waals surface area contributed by atoms with E-state index >= 15 is 0 Å². The number of fused-ring (bicyclic) bond motifs is 1. The summed E-state index contributed by atoms with van der Waals surface area (Å²) in [5.41, 5.74) is 5.24. The molecular weight excluding hydrogens is 632 g/mol. The molecule has 0 aliphatic carbocycles. The number of ether oxygens (including phenoxy) is 1. The number of aliphatic hydroxyl groups is 1. The molecule has 2 aromatic heterocycles. The summed E-state index contributed by atoms with van der Waals surface area (Å²) in [6.07, 6.45) is 2.91. The molecule has 254 valence electrons. The first-order chi connectivity index (χ1) is 23.3. The summed E-state index contributed by atoms with van der Waals surface area (Å²) in [4.78, 5) is 45.9. The van der Waals surface area contributed by atoms with Crippen LogP contribution in [0.1, 0.15) is 30.1 Å². The highest BCUT2D eigenvalue weighted by Crippen LogP contribution is 2.31. The molecule has 2 aromatic carbocycles. The van der Waals surface area contributed by atoms with Gasteiger partial charge in [-0.15, -0.1) is 0 Å². The van der Waals surface area contributed by atoms with Gasteiger partial charge in [-0.25, -0.2) is 9.78 Å². The van der Waals surface area contributed by atoms with Crippen molar-refractivity contribution in [3.63, 3.8) is 0 Å². The van der Waals surface area contributed by atoms with Crippen molar-refractivity contribution in [2.45, 2.75) is 31.9 Å². The Kier molecular flexibility index (Phi) is 9.58. The number of piperazine rings is 1. The van der Waals surface area contributed by atoms with Crippen molar-refractivity contribution in [3.8, 4) is 11.4 Å². The number of hydrogen-bond acceptors (Lipinski definition) is 8. The molecule has 3 aliphatic heterocycles. The number of aryl methyl sites for hydroxylation is 1. The molecule has 0 bridgehead atoms. The number of carbonyl (C=O) groups is 1. The van der Waals surface area contributed by atoms with Gasteiger partial charge in [0.1, 0.15) is 11.4 Å². The monoisotopic (exact) mass is 674 g/mol. The molecular formula is C35H43ClN8O4. The molecule has 4 N–H and O–H groups in total. The smallest absolute Gasteiger partial charge is 0.320 e. The van der Waals surface area contributed by atoms with E-state index in [0.29, 0.717) is 60.0 Å². The van der Waals surface area contributed by atoms with E-state index in [1.165, 1.54) is 0 Å². The summed E-state index contributed by atoms with van der Waals surface area (Å²) in [5, 5.41) is 14.5. The topological polar surface area (TPSA) is 133 Å². The van der Waals surface area contributed by atoms with Crippen LogP contribution in [-0.4, -0.2) is 119 Å². The van der Waals surface area contributed by atoms with Gasteiger partial charge in [-0.3, -0.25) is 9.69 Å². The Labute approximate surface area is 284 Å². The van der Waals surface area contributed by atoms with Crippen LogP contribution >= 0.6 is 11.6 Å². The summed E-state index contributed by atoms with van der Waals surface area (Å²) < 4.78 is 5.40. The van der Waals surface area contributed by atoms with E-state index in [4.69, 9.17) is 21.3 Å². The number of imidazole rings is 1. The number of anilines is 2. The third kappa shape index (κ3) is 6.88. The average Bonchev–Trinajstić information content (AvgIpc) is 3.55. The van der Waals surface area contributed by atoms with E-state index in [1.54, 1.807) is 30.5 Å². The summed E-state index contributed by atoms with van der Waals surface area (Å²) in [6.45, 7) is 10.1. The predicted octanol–water partition coefficient (Wildman–Crippen LogP) is 4.06. The van der Waals surface area contributed by atoms with Crippen LogP contribution in [0.2, 0.25) is 5.02 Å². The summed E-state index contributed by atoms with van der Waals surface area (Å²) in [7, 11) is 0. The summed E-state index contributed by atoms with van der Waals surface area (Å²) in [5.74, 6) is 0.469. The highest BCUT2D eigenvalue weighted by atomic mass is 35.5. The molecule has 0 saturated carbocycles. The molecule has 3 fully saturated rings. The fourth-order valence-electron chi connectivity index (χ4n) is 7.19. The standard InChI is InChI=1S/C35H43ClN8O4/c1-23-19-27(41-9-6-26(7-10-41)42-11-13-43(14-12-42)35(47)44-15-17-48-18-16-44)21-29-32(23)40-33(39-29)31-28(5-8-37-34(31)46)38-22-30(45)24-3-2-4-25(36)20-24/h2-5,8,19-21,26,30,45H,6-7,9-18,22H2,1H3,(H,39,40)(H2,37,38,46). The number of aromatic nitrogens is 3. The fourth-order valence-corrected chi connectivity index (χ4v) is 7.39. The molecule has 7 rings (SSSR count). The lowest BCUT2D eigenvalue weighted by molar-refractivity contribution is 0.0335. The first kappa shape index (κ1) is 32.4. The van der Waals surface area contributed by atoms with Gasteiger partial charge < -0.3 is 39.8 Å². The number of carbonyl (C=O) groups excluding carboxylic acids is 1. The second kappa shape index (κ2) is 14.2. The van der Waals surface area contributed by atoms with Crippen molar-refractivity contribution in [2.24, 2.45) is 0 Å². The Bertz CT molecular complexity index is 1810. The number of aliphatic hydroxyl groups excluding tert-OH is 1. The Balaban J connectivity index is 0.997. The molecule has 3 aliphatic rings. The van der Waals surface area contributed by atoms with Gasteiger partial charge in [0.15, 0.2) is 0 Å². The van der Waals surface area contributed by atoms with Crippen LogP contribution in [0.3, 0.4) is 0 Å². The van der Waals surface area contributed by atoms with Crippen molar-refractivity contribution in [1.29, 1.82) is 0 Å². The largest absolute Gasteiger partial charge is 0.387 e. The van der Waals surface area contributed by atoms with Crippen molar-refractivity contribution in [3.05, 3.63) is 75.2 Å². The second-order valence-electron chi connectivity index (χ2n) is 12.9. The van der Waals surface area contributed by atoms with Gasteiger partial charge in [-0.05, 0) is 61.2 Å². The van der Waals surface area contributed by atoms with Crippen molar-refractivity contribution in [1.82, 2.24) is 29.7 Å². The number of morpholine rings is 1. The molecule has 0 radical (unpaired) electrons. The van der Waals surface area contributed by atoms with Crippen LogP contribution in [0.25, 0.3) is 22.4 Å². The molecule has 12 nitrogen and oxygen atoms in total. The van der Waals surface area contributed by atoms with E-state index in [-0.39, 0.29) is 18.1 Å². The van der Waals surface area contributed by atoms with Gasteiger partial charge in [0.25, 0.3) is 5.56 Å². The lowest BCUT2D eigenvalue weighted by Crippen LogP contribution is -2.57. The van der Waals surface area contributed by atoms with Gasteiger partial charge in [0, 0.05) is 81.9 Å². The zero-order valence-corrected chi connectivity index (χ0v) is 28.0. The Morgan fingerprint density at radius 1 is 1.04 bits per heavy atom. The zero-order valence-electron chi connectivity index (χ0n) is 27.3. The molecule has 13 heteroatoms. The van der Waals surface area contributed by atoms with Gasteiger partial charge in [0.2, 0.25) is 0 Å². The lowest BCUT2D eigenvalue weighted by atomic mass is 10.0. The number of aromatic amines is 2. The quantitative estimate of drug-likeness (QED) is 0.231. The number of piperidine rings is 1. The number of amides is 2. The highest BCUT2D eigenvalue weighted by molar-refractivity contribution is 6.30. The van der Waals surface area contributed by atoms with E-state index in [9.17, 15) is 14.7 Å². The maximum atomic E-state index is 13.1. The molecule has 2 amide bonds. The van der Waals surface area contributed by atoms with Crippen molar-refractivity contribution in [2.75, 3.05) is 82.3 Å². The number of H-pyrrole nitrogens is 2. The number of halogens is 1. The summed E-state index contributed by atoms with van der Waals surface area (Å²) in [6, 6.07) is 13.9. The maximum absolute atomic E-state index is 13.1. The molecule has 1 atom stereocenters. The number of nitrogens with one attached hydrogen (secondary N) is 3. The third-order valence-electron chi connectivity index (χ3n) is 9.89. The van der Waals surface area contributed by atoms with Crippen LogP contribution in [-0.2, 0) is 4.74 Å². The first-order valence-electron chi connectivity index (χ1n) is 16.8. The number of rotatable bonds is 7. The fraction of sp³-hybridized carbons (Fsp3) is 0.457. The highest BCUT2D eigenvalue weighted by Gasteiger charge is 2.31. The zero-order chi connectivity index (χ0) is 33.2. The van der Waals surface area contributed by atoms with Crippen LogP contribution in [0.5, 0.6) is 0 Å². The van der Waals surface area contributed by atoms with Crippen LogP contribution in [0.15, 0.2) is 53.5 Å². The van der Waals surface area contributed by atoms with Crippen LogP contribution in [0, 0.1) is 6.92 Å². The van der Waals surface area contributed by atoms with E-state index in [2.05, 4.69) is 44.1 Å². The van der Waals surface area contributed by atoms with E-state index in [0.717, 1.165) is 74.4 Å². The van der Waals surface area contributed by atoms with E-state index < -0.39 is 6.10 Å². The Morgan fingerprint density at radius 3 is 2.54 bits per heavy atom. The van der Waals surface area contributed by atoms with Gasteiger partial charge >= 0.3 is 6.03 Å². The minimum atomic E-state index is -0.811. The van der Waals surface area contributed by atoms with E-state index in [1.807, 2.05) is 15.9 Å². The molecule has 5 heterocycles. The average molecular weight is 675 g/mol. The first-order valence-corrected chi connectivity index (χ1v) is 17.2. The minimum Gasteiger partial charge on any atom is -0.387 e.